The van der Waals surface area contributed by atoms with Gasteiger partial charge in [0.15, 0.2) is 17.5 Å². The Morgan fingerprint density at radius 2 is 1.65 bits per heavy atom. The summed E-state index contributed by atoms with van der Waals surface area (Å²) >= 11 is 0. The standard InChI is InChI=1S/C14H11F3N2O3S/c15-10-5-8(6-11(16)13(10)17)7-19-14(20)9-3-1-2-4-12(9)23(18,21)22/h1-6H,7H2,(H,19,20)(H2,18,21,22). The molecular formula is C14H11F3N2O3S. The monoisotopic (exact) mass is 344 g/mol. The van der Waals surface area contributed by atoms with E-state index in [-0.39, 0.29) is 22.6 Å². The summed E-state index contributed by atoms with van der Waals surface area (Å²) in [7, 11) is -4.11. The number of sulfonamides is 1. The van der Waals surface area contributed by atoms with E-state index in [4.69, 9.17) is 5.14 Å². The SMILES string of the molecule is NS(=O)(=O)c1ccccc1C(=O)NCc1cc(F)c(F)c(F)c1. The Hall–Kier alpha value is -2.39. The van der Waals surface area contributed by atoms with Gasteiger partial charge in [-0.05, 0) is 29.8 Å². The highest BCUT2D eigenvalue weighted by molar-refractivity contribution is 7.89. The molecule has 0 heterocycles. The van der Waals surface area contributed by atoms with E-state index in [2.05, 4.69) is 5.32 Å². The molecule has 0 fully saturated rings. The summed E-state index contributed by atoms with van der Waals surface area (Å²) in [5.41, 5.74) is -0.235. The van der Waals surface area contributed by atoms with Gasteiger partial charge in [-0.3, -0.25) is 4.79 Å². The van der Waals surface area contributed by atoms with Gasteiger partial charge in [-0.2, -0.15) is 0 Å². The summed E-state index contributed by atoms with van der Waals surface area (Å²) in [6.45, 7) is -0.327. The lowest BCUT2D eigenvalue weighted by atomic mass is 10.2. The second-order valence-corrected chi connectivity index (χ2v) is 6.13. The van der Waals surface area contributed by atoms with Crippen molar-refractivity contribution < 1.29 is 26.4 Å². The minimum absolute atomic E-state index is 0.0252. The molecule has 122 valence electrons. The smallest absolute Gasteiger partial charge is 0.252 e. The third-order valence-electron chi connectivity index (χ3n) is 2.93. The fourth-order valence-electron chi connectivity index (χ4n) is 1.89. The quantitative estimate of drug-likeness (QED) is 0.827. The molecule has 3 N–H and O–H groups in total. The van der Waals surface area contributed by atoms with Crippen molar-refractivity contribution in [3.63, 3.8) is 0 Å². The number of rotatable bonds is 4. The van der Waals surface area contributed by atoms with E-state index in [0.29, 0.717) is 0 Å². The average Bonchev–Trinajstić information content (AvgIpc) is 2.49. The number of primary sulfonamides is 1. The molecule has 2 rings (SSSR count). The first-order valence-corrected chi connectivity index (χ1v) is 7.78. The average molecular weight is 344 g/mol. The number of nitrogens with two attached hydrogens (primary N) is 1. The van der Waals surface area contributed by atoms with E-state index < -0.39 is 33.4 Å². The number of nitrogens with one attached hydrogen (secondary N) is 1. The largest absolute Gasteiger partial charge is 0.348 e. The van der Waals surface area contributed by atoms with E-state index in [9.17, 15) is 26.4 Å². The molecule has 1 amide bonds. The van der Waals surface area contributed by atoms with Crippen LogP contribution < -0.4 is 10.5 Å². The van der Waals surface area contributed by atoms with Crippen molar-refractivity contribution in [3.05, 3.63) is 65.0 Å². The lowest BCUT2D eigenvalue weighted by Gasteiger charge is -2.09. The maximum atomic E-state index is 13.1. The molecule has 9 heteroatoms. The number of benzene rings is 2. The summed E-state index contributed by atoms with van der Waals surface area (Å²) in [5.74, 6) is -5.20. The van der Waals surface area contributed by atoms with Crippen LogP contribution in [0, 0.1) is 17.5 Å². The molecule has 0 aliphatic rings. The minimum atomic E-state index is -4.11. The molecule has 0 atom stereocenters. The lowest BCUT2D eigenvalue weighted by Crippen LogP contribution is -2.26. The van der Waals surface area contributed by atoms with Gasteiger partial charge in [-0.15, -0.1) is 0 Å². The van der Waals surface area contributed by atoms with Crippen LogP contribution in [0.3, 0.4) is 0 Å². The molecule has 0 spiro atoms. The van der Waals surface area contributed by atoms with Gasteiger partial charge in [0.25, 0.3) is 5.91 Å². The van der Waals surface area contributed by atoms with Gasteiger partial charge in [-0.1, -0.05) is 12.1 Å². The zero-order valence-electron chi connectivity index (χ0n) is 11.5. The van der Waals surface area contributed by atoms with Crippen LogP contribution in [0.4, 0.5) is 13.2 Å². The molecule has 0 unspecified atom stereocenters. The Labute approximate surface area is 130 Å². The van der Waals surface area contributed by atoms with Crippen LogP contribution in [-0.2, 0) is 16.6 Å². The van der Waals surface area contributed by atoms with E-state index in [1.165, 1.54) is 18.2 Å². The number of carbonyl (C=O) groups is 1. The van der Waals surface area contributed by atoms with Crippen molar-refractivity contribution in [1.82, 2.24) is 5.32 Å². The fourth-order valence-corrected chi connectivity index (χ4v) is 2.63. The van der Waals surface area contributed by atoms with Gasteiger partial charge < -0.3 is 5.32 Å². The van der Waals surface area contributed by atoms with Crippen molar-refractivity contribution in [1.29, 1.82) is 0 Å². The second kappa shape index (κ2) is 6.39. The number of hydrogen-bond acceptors (Lipinski definition) is 3. The molecule has 0 bridgehead atoms. The molecule has 0 aliphatic carbocycles. The first-order valence-electron chi connectivity index (χ1n) is 6.23. The molecule has 2 aromatic rings. The maximum Gasteiger partial charge on any atom is 0.252 e. The zero-order valence-corrected chi connectivity index (χ0v) is 12.3. The van der Waals surface area contributed by atoms with Crippen LogP contribution in [0.5, 0.6) is 0 Å². The summed E-state index contributed by atoms with van der Waals surface area (Å²) in [6.07, 6.45) is 0. The highest BCUT2D eigenvalue weighted by atomic mass is 32.2. The van der Waals surface area contributed by atoms with Crippen molar-refractivity contribution in [3.8, 4) is 0 Å². The number of hydrogen-bond donors (Lipinski definition) is 2. The van der Waals surface area contributed by atoms with Gasteiger partial charge in [0.1, 0.15) is 0 Å². The predicted octanol–water partition coefficient (Wildman–Crippen LogP) is 1.68. The first-order chi connectivity index (χ1) is 10.7. The first kappa shape index (κ1) is 17.0. The molecule has 0 aromatic heterocycles. The van der Waals surface area contributed by atoms with Crippen molar-refractivity contribution in [2.24, 2.45) is 5.14 Å². The fraction of sp³-hybridized carbons (Fsp3) is 0.0714. The minimum Gasteiger partial charge on any atom is -0.348 e. The molecule has 0 radical (unpaired) electrons. The highest BCUT2D eigenvalue weighted by Crippen LogP contribution is 2.15. The second-order valence-electron chi connectivity index (χ2n) is 4.60. The predicted molar refractivity (Wildman–Crippen MR) is 75.3 cm³/mol. The van der Waals surface area contributed by atoms with Gasteiger partial charge >= 0.3 is 0 Å². The van der Waals surface area contributed by atoms with Gasteiger partial charge in [0.05, 0.1) is 10.5 Å². The number of halogens is 3. The summed E-state index contributed by atoms with van der Waals surface area (Å²) in [4.78, 5) is 11.6. The van der Waals surface area contributed by atoms with E-state index in [1.54, 1.807) is 0 Å². The highest BCUT2D eigenvalue weighted by Gasteiger charge is 2.18. The van der Waals surface area contributed by atoms with Crippen LogP contribution in [-0.4, -0.2) is 14.3 Å². The van der Waals surface area contributed by atoms with Crippen LogP contribution in [0.15, 0.2) is 41.3 Å². The van der Waals surface area contributed by atoms with Crippen LogP contribution in [0.1, 0.15) is 15.9 Å². The molecule has 0 saturated heterocycles. The van der Waals surface area contributed by atoms with Gasteiger partial charge in [0.2, 0.25) is 10.0 Å². The van der Waals surface area contributed by atoms with E-state index >= 15 is 0 Å². The third kappa shape index (κ3) is 3.88. The summed E-state index contributed by atoms with van der Waals surface area (Å²) < 4.78 is 61.8. The molecular weight excluding hydrogens is 333 g/mol. The Bertz CT molecular complexity index is 846. The Balaban J connectivity index is 2.22. The third-order valence-corrected chi connectivity index (χ3v) is 3.90. The Morgan fingerprint density at radius 3 is 2.22 bits per heavy atom. The van der Waals surface area contributed by atoms with Gasteiger partial charge in [-0.25, -0.2) is 26.7 Å². The molecule has 0 saturated carbocycles. The van der Waals surface area contributed by atoms with Crippen LogP contribution in [0.2, 0.25) is 0 Å². The molecule has 0 aliphatic heterocycles. The van der Waals surface area contributed by atoms with Crippen molar-refractivity contribution in [2.75, 3.05) is 0 Å². The molecule has 23 heavy (non-hydrogen) atoms. The van der Waals surface area contributed by atoms with Crippen LogP contribution in [0.25, 0.3) is 0 Å². The molecule has 2 aromatic carbocycles. The number of carbonyl (C=O) groups excluding carboxylic acids is 1. The maximum absolute atomic E-state index is 13.1. The Morgan fingerprint density at radius 1 is 1.09 bits per heavy atom. The lowest BCUT2D eigenvalue weighted by molar-refractivity contribution is 0.0947. The van der Waals surface area contributed by atoms with E-state index in [0.717, 1.165) is 18.2 Å². The normalized spacial score (nSPS) is 11.3. The Kier molecular flexibility index (Phi) is 4.71. The number of amides is 1. The summed E-state index contributed by atoms with van der Waals surface area (Å²) in [5, 5.41) is 7.30. The van der Waals surface area contributed by atoms with E-state index in [1.807, 2.05) is 0 Å². The van der Waals surface area contributed by atoms with Crippen LogP contribution >= 0.6 is 0 Å². The van der Waals surface area contributed by atoms with Crippen molar-refractivity contribution in [2.45, 2.75) is 11.4 Å². The zero-order chi connectivity index (χ0) is 17.2. The van der Waals surface area contributed by atoms with Gasteiger partial charge in [0, 0.05) is 6.54 Å². The topological polar surface area (TPSA) is 89.3 Å². The molecule has 5 nitrogen and oxygen atoms in total. The van der Waals surface area contributed by atoms with Crippen molar-refractivity contribution >= 4 is 15.9 Å². The summed E-state index contributed by atoms with van der Waals surface area (Å²) in [6, 6.07) is 6.67.